The van der Waals surface area contributed by atoms with E-state index in [-0.39, 0.29) is 12.1 Å². The zero-order chi connectivity index (χ0) is 25.9. The third-order valence-electron chi connectivity index (χ3n) is 6.85. The second kappa shape index (κ2) is 10.5. The molecule has 38 heavy (non-hydrogen) atoms. The average Bonchev–Trinajstić information content (AvgIpc) is 3.40. The molecule has 5 nitrogen and oxygen atoms in total. The Labute approximate surface area is 226 Å². The van der Waals surface area contributed by atoms with Crippen LogP contribution in [-0.2, 0) is 6.54 Å². The Morgan fingerprint density at radius 2 is 1.53 bits per heavy atom. The number of anilines is 1. The van der Waals surface area contributed by atoms with Gasteiger partial charge in [0, 0.05) is 24.4 Å². The number of nitrogens with one attached hydrogen (secondary N) is 2. The van der Waals surface area contributed by atoms with E-state index in [1.807, 2.05) is 54.6 Å². The van der Waals surface area contributed by atoms with Gasteiger partial charge in [0.05, 0.1) is 22.0 Å². The number of fused-ring (bicyclic) bond motifs is 1. The second-order valence-electron chi connectivity index (χ2n) is 9.26. The first-order chi connectivity index (χ1) is 18.7. The van der Waals surface area contributed by atoms with Gasteiger partial charge in [-0.15, -0.1) is 11.3 Å². The lowest BCUT2D eigenvalue weighted by Crippen LogP contribution is -2.43. The van der Waals surface area contributed by atoms with Crippen LogP contribution < -0.4 is 15.5 Å². The molecule has 0 saturated carbocycles. The van der Waals surface area contributed by atoms with Crippen molar-refractivity contribution in [1.29, 1.82) is 0 Å². The Bertz CT molecular complexity index is 1560. The molecule has 6 rings (SSSR count). The van der Waals surface area contributed by atoms with Crippen molar-refractivity contribution < 1.29 is 4.79 Å². The van der Waals surface area contributed by atoms with Gasteiger partial charge in [0.15, 0.2) is 0 Å². The van der Waals surface area contributed by atoms with Crippen molar-refractivity contribution in [3.05, 3.63) is 131 Å². The van der Waals surface area contributed by atoms with Gasteiger partial charge < -0.3 is 15.5 Å². The number of urea groups is 1. The summed E-state index contributed by atoms with van der Waals surface area (Å²) < 4.78 is 1.12. The van der Waals surface area contributed by atoms with Gasteiger partial charge in [-0.25, -0.2) is 9.78 Å². The van der Waals surface area contributed by atoms with Crippen molar-refractivity contribution in [2.24, 2.45) is 0 Å². The van der Waals surface area contributed by atoms with Gasteiger partial charge >= 0.3 is 6.03 Å². The van der Waals surface area contributed by atoms with Crippen molar-refractivity contribution in [2.75, 3.05) is 11.4 Å². The summed E-state index contributed by atoms with van der Waals surface area (Å²) >= 11 is 1.65. The van der Waals surface area contributed by atoms with Crippen LogP contribution in [0.4, 0.5) is 10.5 Å². The number of aromatic nitrogens is 1. The van der Waals surface area contributed by atoms with Gasteiger partial charge in [-0.3, -0.25) is 0 Å². The smallest absolute Gasteiger partial charge is 0.320 e. The van der Waals surface area contributed by atoms with Crippen LogP contribution in [0, 0.1) is 0 Å². The lowest BCUT2D eigenvalue weighted by Gasteiger charge is -2.30. The fourth-order valence-corrected chi connectivity index (χ4v) is 5.98. The Morgan fingerprint density at radius 3 is 2.24 bits per heavy atom. The van der Waals surface area contributed by atoms with Gasteiger partial charge in [0.25, 0.3) is 0 Å². The Kier molecular flexibility index (Phi) is 6.63. The summed E-state index contributed by atoms with van der Waals surface area (Å²) in [5.74, 6) is 0. The highest BCUT2D eigenvalue weighted by molar-refractivity contribution is 7.19. The number of thiazole rings is 1. The first kappa shape index (κ1) is 23.9. The third kappa shape index (κ3) is 4.78. The Morgan fingerprint density at radius 1 is 0.842 bits per heavy atom. The van der Waals surface area contributed by atoms with Gasteiger partial charge in [0.1, 0.15) is 5.01 Å². The van der Waals surface area contributed by atoms with Crippen LogP contribution >= 0.6 is 11.3 Å². The Balaban J connectivity index is 1.41. The standard InChI is InChI=1S/C32H28N4OS/c1-2-36(21-22-11-5-3-6-12-22)25-19-17-24(18-20-25)30-28(31-33-26-15-9-10-16-27(26)38-31)29(34-32(37)35-30)23-13-7-4-8-14-23/h3-20,30H,2,21H2,1H3,(H2,34,35,37). The van der Waals surface area contributed by atoms with Crippen LogP contribution in [0.1, 0.15) is 34.7 Å². The first-order valence-corrected chi connectivity index (χ1v) is 13.6. The minimum Gasteiger partial charge on any atom is -0.367 e. The number of carbonyl (C=O) groups is 1. The fraction of sp³-hybridized carbons (Fsp3) is 0.125. The molecule has 4 aromatic carbocycles. The summed E-state index contributed by atoms with van der Waals surface area (Å²) in [6, 6.07) is 36.6. The van der Waals surface area contributed by atoms with E-state index >= 15 is 0 Å². The van der Waals surface area contributed by atoms with Crippen LogP contribution in [-0.4, -0.2) is 17.6 Å². The summed E-state index contributed by atoms with van der Waals surface area (Å²) in [5, 5.41) is 7.15. The maximum absolute atomic E-state index is 12.9. The fourth-order valence-electron chi connectivity index (χ4n) is 4.93. The molecular formula is C32H28N4OS. The highest BCUT2D eigenvalue weighted by atomic mass is 32.1. The van der Waals surface area contributed by atoms with Crippen LogP contribution in [0.25, 0.3) is 21.5 Å². The highest BCUT2D eigenvalue weighted by Crippen LogP contribution is 2.41. The first-order valence-electron chi connectivity index (χ1n) is 12.8. The molecular weight excluding hydrogens is 488 g/mol. The number of para-hydroxylation sites is 1. The van der Waals surface area contributed by atoms with Gasteiger partial charge in [-0.1, -0.05) is 84.9 Å². The maximum atomic E-state index is 12.9. The number of rotatable bonds is 7. The SMILES string of the molecule is CCN(Cc1ccccc1)c1ccc(C2NC(=O)NC(c3ccccc3)=C2c2nc3ccccc3s2)cc1. The zero-order valence-corrected chi connectivity index (χ0v) is 21.9. The van der Waals surface area contributed by atoms with E-state index in [9.17, 15) is 4.79 Å². The van der Waals surface area contributed by atoms with E-state index in [0.29, 0.717) is 0 Å². The van der Waals surface area contributed by atoms with E-state index in [2.05, 4.69) is 77.1 Å². The van der Waals surface area contributed by atoms with Crippen LogP contribution in [0.5, 0.6) is 0 Å². The summed E-state index contributed by atoms with van der Waals surface area (Å²) in [4.78, 5) is 20.2. The molecule has 1 aromatic heterocycles. The number of amides is 2. The van der Waals surface area contributed by atoms with E-state index in [0.717, 1.165) is 56.4 Å². The predicted octanol–water partition coefficient (Wildman–Crippen LogP) is 7.25. The third-order valence-corrected chi connectivity index (χ3v) is 7.92. The molecule has 2 amide bonds. The summed E-state index contributed by atoms with van der Waals surface area (Å²) in [7, 11) is 0. The lowest BCUT2D eigenvalue weighted by atomic mass is 9.93. The van der Waals surface area contributed by atoms with Crippen molar-refractivity contribution in [1.82, 2.24) is 15.6 Å². The van der Waals surface area contributed by atoms with E-state index in [1.165, 1.54) is 5.56 Å². The van der Waals surface area contributed by atoms with Crippen LogP contribution in [0.15, 0.2) is 109 Å². The van der Waals surface area contributed by atoms with Gasteiger partial charge in [-0.2, -0.15) is 0 Å². The minimum atomic E-state index is -0.335. The van der Waals surface area contributed by atoms with Crippen LogP contribution in [0.3, 0.4) is 0 Å². The minimum absolute atomic E-state index is 0.220. The van der Waals surface area contributed by atoms with Crippen molar-refractivity contribution in [2.45, 2.75) is 19.5 Å². The summed E-state index contributed by atoms with van der Waals surface area (Å²) in [5.41, 5.74) is 7.12. The molecule has 0 saturated heterocycles. The van der Waals surface area contributed by atoms with E-state index in [1.54, 1.807) is 11.3 Å². The quantitative estimate of drug-likeness (QED) is 0.240. The van der Waals surface area contributed by atoms with Crippen LogP contribution in [0.2, 0.25) is 0 Å². The molecule has 1 unspecified atom stereocenters. The Hall–Kier alpha value is -4.42. The number of hydrogen-bond acceptors (Lipinski definition) is 4. The van der Waals surface area contributed by atoms with E-state index < -0.39 is 0 Å². The van der Waals surface area contributed by atoms with Gasteiger partial charge in [0.2, 0.25) is 0 Å². The van der Waals surface area contributed by atoms with Crippen molar-refractivity contribution in [3.8, 4) is 0 Å². The van der Waals surface area contributed by atoms with Crippen molar-refractivity contribution in [3.63, 3.8) is 0 Å². The second-order valence-corrected chi connectivity index (χ2v) is 10.3. The molecule has 0 bridgehead atoms. The summed E-state index contributed by atoms with van der Waals surface area (Å²) in [6.45, 7) is 3.91. The highest BCUT2D eigenvalue weighted by Gasteiger charge is 2.32. The molecule has 5 aromatic rings. The molecule has 0 spiro atoms. The molecule has 1 aliphatic rings. The number of carbonyl (C=O) groups excluding carboxylic acids is 1. The molecule has 1 aliphatic heterocycles. The van der Waals surface area contributed by atoms with E-state index in [4.69, 9.17) is 4.98 Å². The normalized spacial score (nSPS) is 15.3. The molecule has 0 fully saturated rings. The average molecular weight is 517 g/mol. The maximum Gasteiger partial charge on any atom is 0.320 e. The molecule has 188 valence electrons. The summed E-state index contributed by atoms with van der Waals surface area (Å²) in [6.07, 6.45) is 0. The number of benzene rings is 4. The molecule has 0 aliphatic carbocycles. The topological polar surface area (TPSA) is 57.3 Å². The lowest BCUT2D eigenvalue weighted by molar-refractivity contribution is 0.242. The molecule has 2 heterocycles. The predicted molar refractivity (Wildman–Crippen MR) is 157 cm³/mol. The largest absolute Gasteiger partial charge is 0.367 e. The number of nitrogens with zero attached hydrogens (tertiary/aromatic N) is 2. The molecule has 0 radical (unpaired) electrons. The monoisotopic (exact) mass is 516 g/mol. The molecule has 6 heteroatoms. The zero-order valence-electron chi connectivity index (χ0n) is 21.1. The number of hydrogen-bond donors (Lipinski definition) is 2. The molecule has 1 atom stereocenters. The van der Waals surface area contributed by atoms with Gasteiger partial charge in [-0.05, 0) is 47.9 Å². The molecule has 2 N–H and O–H groups in total. The van der Waals surface area contributed by atoms with Crippen molar-refractivity contribution >= 4 is 44.5 Å².